The first-order chi connectivity index (χ1) is 14.0. The maximum absolute atomic E-state index is 14.5. The summed E-state index contributed by atoms with van der Waals surface area (Å²) >= 11 is 0. The summed E-state index contributed by atoms with van der Waals surface area (Å²) in [6.07, 6.45) is 7.63. The molecule has 0 unspecified atom stereocenters. The second-order valence-corrected chi connectivity index (χ2v) is 7.57. The fourth-order valence-corrected chi connectivity index (χ4v) is 3.62. The Morgan fingerprint density at radius 3 is 2.69 bits per heavy atom. The number of ether oxygens (including phenoxy) is 1. The van der Waals surface area contributed by atoms with E-state index in [0.717, 1.165) is 51.3 Å². The Labute approximate surface area is 173 Å². The van der Waals surface area contributed by atoms with Crippen LogP contribution in [0.5, 0.6) is 5.75 Å². The quantitative estimate of drug-likeness (QED) is 0.702. The lowest BCUT2D eigenvalue weighted by atomic mass is 10.0. The molecule has 1 aromatic carbocycles. The molecule has 0 radical (unpaired) electrons. The Kier molecular flexibility index (Phi) is 7.23. The molecule has 2 aliphatic rings. The van der Waals surface area contributed by atoms with Crippen molar-refractivity contribution in [3.8, 4) is 5.75 Å². The fourth-order valence-electron chi connectivity index (χ4n) is 3.62. The van der Waals surface area contributed by atoms with E-state index in [4.69, 9.17) is 9.73 Å². The molecular formula is C23H31FN4O. The van der Waals surface area contributed by atoms with Crippen LogP contribution < -0.4 is 4.74 Å². The first-order valence-corrected chi connectivity index (χ1v) is 10.1. The minimum atomic E-state index is -0.317. The van der Waals surface area contributed by atoms with Crippen molar-refractivity contribution in [3.05, 3.63) is 60.3 Å². The molecule has 5 nitrogen and oxygen atoms in total. The topological polar surface area (TPSA) is 31.3 Å². The summed E-state index contributed by atoms with van der Waals surface area (Å²) in [4.78, 5) is 11.6. The molecule has 0 N–H and O–H groups in total. The van der Waals surface area contributed by atoms with Crippen LogP contribution in [0.3, 0.4) is 0 Å². The molecule has 0 bridgehead atoms. The lowest BCUT2D eigenvalue weighted by Gasteiger charge is -2.32. The van der Waals surface area contributed by atoms with E-state index in [9.17, 15) is 4.39 Å². The number of hydrogen-bond donors (Lipinski definition) is 0. The van der Waals surface area contributed by atoms with Gasteiger partial charge in [0.25, 0.3) is 0 Å². The molecule has 156 valence electrons. The zero-order valence-electron chi connectivity index (χ0n) is 17.7. The Balaban J connectivity index is 1.75. The highest BCUT2D eigenvalue weighted by Crippen LogP contribution is 2.30. The maximum atomic E-state index is 14.5. The molecule has 1 saturated heterocycles. The Hall–Kier alpha value is -2.44. The molecule has 0 aliphatic carbocycles. The molecule has 29 heavy (non-hydrogen) atoms. The van der Waals surface area contributed by atoms with Gasteiger partial charge in [-0.05, 0) is 50.7 Å². The van der Waals surface area contributed by atoms with Gasteiger partial charge in [0.1, 0.15) is 17.4 Å². The van der Waals surface area contributed by atoms with Crippen molar-refractivity contribution in [1.29, 1.82) is 0 Å². The molecule has 3 rings (SSSR count). The number of aliphatic imine (C=N–C) groups is 1. The largest absolute Gasteiger partial charge is 0.497 e. The molecule has 1 fully saturated rings. The number of methoxy groups -OCH3 is 1. The van der Waals surface area contributed by atoms with E-state index >= 15 is 0 Å². The number of allylic oxidation sites excluding steroid dienone is 3. The van der Waals surface area contributed by atoms with E-state index in [1.54, 1.807) is 25.3 Å². The summed E-state index contributed by atoms with van der Waals surface area (Å²) in [7, 11) is 5.66. The van der Waals surface area contributed by atoms with Crippen LogP contribution in [-0.2, 0) is 0 Å². The van der Waals surface area contributed by atoms with Crippen LogP contribution in [0.15, 0.2) is 53.9 Å². The normalized spacial score (nSPS) is 19.9. The van der Waals surface area contributed by atoms with E-state index in [1.165, 1.54) is 6.07 Å². The van der Waals surface area contributed by atoms with Crippen LogP contribution in [0.1, 0.15) is 18.4 Å². The fraction of sp³-hybridized carbons (Fsp3) is 0.435. The van der Waals surface area contributed by atoms with E-state index < -0.39 is 0 Å². The van der Waals surface area contributed by atoms with Crippen molar-refractivity contribution >= 4 is 11.3 Å². The van der Waals surface area contributed by atoms with Gasteiger partial charge in [-0.1, -0.05) is 12.7 Å². The van der Waals surface area contributed by atoms with Crippen LogP contribution in [0, 0.1) is 5.82 Å². The average molecular weight is 399 g/mol. The first kappa shape index (κ1) is 21.3. The number of halogens is 1. The van der Waals surface area contributed by atoms with E-state index in [-0.39, 0.29) is 5.82 Å². The lowest BCUT2D eigenvalue weighted by Crippen LogP contribution is -2.44. The predicted molar refractivity (Wildman–Crippen MR) is 118 cm³/mol. The van der Waals surface area contributed by atoms with E-state index in [1.807, 2.05) is 24.2 Å². The first-order valence-electron chi connectivity index (χ1n) is 10.1. The van der Waals surface area contributed by atoms with Crippen LogP contribution in [-0.4, -0.2) is 74.3 Å². The molecule has 2 aliphatic heterocycles. The predicted octanol–water partition coefficient (Wildman–Crippen LogP) is 3.62. The van der Waals surface area contributed by atoms with E-state index in [2.05, 4.69) is 23.4 Å². The Morgan fingerprint density at radius 2 is 2.00 bits per heavy atom. The highest BCUT2D eigenvalue weighted by Gasteiger charge is 2.18. The van der Waals surface area contributed by atoms with Crippen molar-refractivity contribution in [2.45, 2.75) is 12.8 Å². The summed E-state index contributed by atoms with van der Waals surface area (Å²) in [6.45, 7) is 9.50. The summed E-state index contributed by atoms with van der Waals surface area (Å²) in [6, 6.07) is 4.72. The Bertz CT molecular complexity index is 822. The second-order valence-electron chi connectivity index (χ2n) is 7.57. The molecule has 0 spiro atoms. The highest BCUT2D eigenvalue weighted by molar-refractivity contribution is 5.97. The number of rotatable bonds is 7. The molecule has 0 amide bonds. The number of nitrogens with zero attached hydrogens (tertiary/aromatic N) is 4. The second kappa shape index (κ2) is 9.85. The molecule has 6 heteroatoms. The van der Waals surface area contributed by atoms with Crippen LogP contribution >= 0.6 is 0 Å². The number of piperazine rings is 1. The average Bonchev–Trinajstić information content (AvgIpc) is 2.73. The van der Waals surface area contributed by atoms with Gasteiger partial charge in [-0.25, -0.2) is 9.38 Å². The van der Waals surface area contributed by atoms with Gasteiger partial charge in [0, 0.05) is 56.3 Å². The van der Waals surface area contributed by atoms with Crippen LogP contribution in [0.2, 0.25) is 0 Å². The maximum Gasteiger partial charge on any atom is 0.140 e. The molecule has 2 heterocycles. The highest BCUT2D eigenvalue weighted by atomic mass is 19.1. The minimum Gasteiger partial charge on any atom is -0.497 e. The molecule has 0 saturated carbocycles. The van der Waals surface area contributed by atoms with Crippen molar-refractivity contribution in [3.63, 3.8) is 0 Å². The van der Waals surface area contributed by atoms with Crippen LogP contribution in [0.4, 0.5) is 4.39 Å². The molecular weight excluding hydrogens is 367 g/mol. The van der Waals surface area contributed by atoms with Gasteiger partial charge in [-0.3, -0.25) is 0 Å². The van der Waals surface area contributed by atoms with Gasteiger partial charge < -0.3 is 19.4 Å². The number of benzene rings is 1. The van der Waals surface area contributed by atoms with Crippen molar-refractivity contribution < 1.29 is 9.13 Å². The van der Waals surface area contributed by atoms with Gasteiger partial charge in [0.15, 0.2) is 0 Å². The summed E-state index contributed by atoms with van der Waals surface area (Å²) in [5, 5.41) is 0. The Morgan fingerprint density at radius 1 is 1.24 bits per heavy atom. The zero-order valence-corrected chi connectivity index (χ0v) is 17.7. The smallest absolute Gasteiger partial charge is 0.140 e. The minimum absolute atomic E-state index is 0.317. The third-order valence-corrected chi connectivity index (χ3v) is 5.49. The molecule has 0 atom stereocenters. The molecule has 1 aromatic rings. The third kappa shape index (κ3) is 5.34. The van der Waals surface area contributed by atoms with Gasteiger partial charge in [0.05, 0.1) is 7.11 Å². The van der Waals surface area contributed by atoms with Gasteiger partial charge in [0.2, 0.25) is 0 Å². The standard InChI is InChI=1S/C23H31FN4O/c1-5-20(21-17-19(29-4)8-9-22(21)24)23-25-18(10-12-27(23)3)7-6-11-28-15-13-26(2)14-16-28/h5,8-10,12,17H,1,6-7,11,13-16H2,2-4H3/b23-20+. The number of likely N-dealkylation sites (N-methyl/N-ethyl adjacent to an activating group) is 1. The molecule has 0 aromatic heterocycles. The third-order valence-electron chi connectivity index (χ3n) is 5.49. The SMILES string of the molecule is C=C/C(=C1/N=C(CCCN2CCN(C)CC2)C=CN1C)c1cc(OC)ccc1F. The number of hydrogen-bond acceptors (Lipinski definition) is 5. The summed E-state index contributed by atoms with van der Waals surface area (Å²) < 4.78 is 19.8. The van der Waals surface area contributed by atoms with Gasteiger partial charge >= 0.3 is 0 Å². The van der Waals surface area contributed by atoms with Crippen molar-refractivity contribution in [1.82, 2.24) is 14.7 Å². The lowest BCUT2D eigenvalue weighted by molar-refractivity contribution is 0.153. The van der Waals surface area contributed by atoms with E-state index in [0.29, 0.717) is 22.7 Å². The van der Waals surface area contributed by atoms with Gasteiger partial charge in [-0.2, -0.15) is 0 Å². The van der Waals surface area contributed by atoms with Crippen LogP contribution in [0.25, 0.3) is 5.57 Å². The monoisotopic (exact) mass is 398 g/mol. The summed E-state index contributed by atoms with van der Waals surface area (Å²) in [5.74, 6) is 0.985. The van der Waals surface area contributed by atoms with Crippen molar-refractivity contribution in [2.24, 2.45) is 4.99 Å². The summed E-state index contributed by atoms with van der Waals surface area (Å²) in [5.41, 5.74) is 2.11. The van der Waals surface area contributed by atoms with Crippen molar-refractivity contribution in [2.75, 3.05) is 53.9 Å². The zero-order chi connectivity index (χ0) is 20.8. The van der Waals surface area contributed by atoms with Gasteiger partial charge in [-0.15, -0.1) is 0 Å².